The third kappa shape index (κ3) is 5.04. The summed E-state index contributed by atoms with van der Waals surface area (Å²) in [6, 6.07) is 1.51. The van der Waals surface area contributed by atoms with Crippen LogP contribution in [-0.2, 0) is 0 Å². The van der Waals surface area contributed by atoms with Crippen LogP contribution in [0.4, 0.5) is 0 Å². The van der Waals surface area contributed by atoms with Crippen LogP contribution in [0.25, 0.3) is 0 Å². The van der Waals surface area contributed by atoms with Crippen molar-refractivity contribution in [1.29, 1.82) is 0 Å². The van der Waals surface area contributed by atoms with Crippen molar-refractivity contribution in [3.05, 3.63) is 0 Å². The van der Waals surface area contributed by atoms with E-state index in [1.807, 2.05) is 0 Å². The highest BCUT2D eigenvalue weighted by molar-refractivity contribution is 6.55. The van der Waals surface area contributed by atoms with Crippen LogP contribution in [0.5, 0.6) is 0 Å². The van der Waals surface area contributed by atoms with Crippen LogP contribution in [-0.4, -0.2) is 8.80 Å². The first-order valence-corrected chi connectivity index (χ1v) is 7.60. The molecule has 1 heteroatoms. The van der Waals surface area contributed by atoms with Crippen LogP contribution in [0.2, 0.25) is 19.1 Å². The van der Waals surface area contributed by atoms with Gasteiger partial charge in [0.1, 0.15) is 0 Å². The molecule has 0 spiro atoms. The lowest BCUT2D eigenvalue weighted by Crippen LogP contribution is -2.12. The Bertz CT molecular complexity index is 84.7. The summed E-state index contributed by atoms with van der Waals surface area (Å²) in [4.78, 5) is 0. The van der Waals surface area contributed by atoms with E-state index in [4.69, 9.17) is 0 Å². The zero-order valence-electron chi connectivity index (χ0n) is 8.20. The van der Waals surface area contributed by atoms with Gasteiger partial charge in [0.25, 0.3) is 0 Å². The van der Waals surface area contributed by atoms with E-state index in [0.29, 0.717) is 5.41 Å². The molecule has 0 aliphatic carbocycles. The Morgan fingerprint density at radius 2 is 1.70 bits per heavy atom. The molecule has 0 aromatic rings. The molecule has 0 bridgehead atoms. The van der Waals surface area contributed by atoms with E-state index in [1.165, 1.54) is 18.9 Å². The second-order valence-electron chi connectivity index (χ2n) is 4.45. The van der Waals surface area contributed by atoms with Crippen LogP contribution in [0.3, 0.4) is 0 Å². The molecule has 62 valence electrons. The molecular weight excluding hydrogens is 136 g/mol. The highest BCUT2D eigenvalue weighted by Crippen LogP contribution is 2.26. The largest absolute Gasteiger partial charge is 0.0722 e. The van der Waals surface area contributed by atoms with E-state index < -0.39 is 0 Å². The Morgan fingerprint density at radius 3 is 2.00 bits per heavy atom. The minimum absolute atomic E-state index is 0.284. The molecule has 0 fully saturated rings. The second kappa shape index (κ2) is 4.17. The van der Waals surface area contributed by atoms with E-state index in [1.54, 1.807) is 0 Å². The topological polar surface area (TPSA) is 0 Å². The summed E-state index contributed by atoms with van der Waals surface area (Å²) in [6.07, 6.45) is 2.77. The number of hydrogen-bond donors (Lipinski definition) is 0. The summed E-state index contributed by atoms with van der Waals surface area (Å²) < 4.78 is 0. The third-order valence-corrected chi connectivity index (χ3v) is 3.80. The lowest BCUT2D eigenvalue weighted by molar-refractivity contribution is 0.337. The van der Waals surface area contributed by atoms with E-state index >= 15 is 0 Å². The van der Waals surface area contributed by atoms with E-state index in [2.05, 4.69) is 33.9 Å². The predicted molar refractivity (Wildman–Crippen MR) is 52.4 cm³/mol. The van der Waals surface area contributed by atoms with E-state index in [-0.39, 0.29) is 8.80 Å². The fourth-order valence-corrected chi connectivity index (χ4v) is 2.22. The Hall–Kier alpha value is 0.217. The molecule has 0 saturated carbocycles. The van der Waals surface area contributed by atoms with Crippen LogP contribution < -0.4 is 0 Å². The van der Waals surface area contributed by atoms with Crippen molar-refractivity contribution < 1.29 is 0 Å². The minimum atomic E-state index is -0.284. The standard InChI is InChI=1S/C9H22Si/c1-6-9(2,3)7-8-10(4)5/h10H,6-8H2,1-5H3. The molecule has 0 heterocycles. The molecule has 0 aromatic carbocycles. The molecule has 0 nitrogen and oxygen atoms in total. The summed E-state index contributed by atoms with van der Waals surface area (Å²) in [5.74, 6) is 0. The van der Waals surface area contributed by atoms with E-state index in [0.717, 1.165) is 0 Å². The molecule has 0 amide bonds. The fourth-order valence-electron chi connectivity index (χ4n) is 0.856. The maximum absolute atomic E-state index is 2.44. The average Bonchev–Trinajstić information content (AvgIpc) is 1.85. The molecule has 0 unspecified atom stereocenters. The smallest absolute Gasteiger partial charge is 0.0305 e. The maximum atomic E-state index is 2.44. The third-order valence-electron chi connectivity index (χ3n) is 2.36. The van der Waals surface area contributed by atoms with Crippen molar-refractivity contribution in [2.75, 3.05) is 0 Å². The highest BCUT2D eigenvalue weighted by Gasteiger charge is 2.14. The molecule has 0 aliphatic rings. The van der Waals surface area contributed by atoms with Crippen molar-refractivity contribution in [1.82, 2.24) is 0 Å². The molecule has 0 rings (SSSR count). The lowest BCUT2D eigenvalue weighted by atomic mass is 9.87. The minimum Gasteiger partial charge on any atom is -0.0722 e. The Labute approximate surface area is 67.6 Å². The predicted octanol–water partition coefficient (Wildman–Crippen LogP) is 3.30. The molecule has 0 aromatic heterocycles. The lowest BCUT2D eigenvalue weighted by Gasteiger charge is -2.22. The van der Waals surface area contributed by atoms with Crippen LogP contribution in [0.15, 0.2) is 0 Å². The van der Waals surface area contributed by atoms with Crippen molar-refractivity contribution in [3.8, 4) is 0 Å². The normalized spacial score (nSPS) is 12.6. The van der Waals surface area contributed by atoms with Gasteiger partial charge in [-0.15, -0.1) is 0 Å². The van der Waals surface area contributed by atoms with Gasteiger partial charge in [-0.2, -0.15) is 0 Å². The monoisotopic (exact) mass is 158 g/mol. The fraction of sp³-hybridized carbons (Fsp3) is 1.00. The van der Waals surface area contributed by atoms with Gasteiger partial charge in [0.2, 0.25) is 0 Å². The van der Waals surface area contributed by atoms with Crippen LogP contribution in [0.1, 0.15) is 33.6 Å². The summed E-state index contributed by atoms with van der Waals surface area (Å²) in [5.41, 5.74) is 0.608. The first kappa shape index (κ1) is 10.2. The Balaban J connectivity index is 3.46. The Morgan fingerprint density at radius 1 is 1.20 bits per heavy atom. The summed E-state index contributed by atoms with van der Waals surface area (Å²) in [7, 11) is -0.284. The zero-order valence-corrected chi connectivity index (χ0v) is 9.35. The van der Waals surface area contributed by atoms with Crippen LogP contribution in [0, 0.1) is 5.41 Å². The molecule has 10 heavy (non-hydrogen) atoms. The van der Waals surface area contributed by atoms with Gasteiger partial charge in [-0.1, -0.05) is 52.8 Å². The molecule has 0 atom stereocenters. The SMILES string of the molecule is CCC(C)(C)CC[SiH](C)C. The summed E-state index contributed by atoms with van der Waals surface area (Å²) in [6.45, 7) is 11.9. The van der Waals surface area contributed by atoms with Gasteiger partial charge in [0, 0.05) is 8.80 Å². The second-order valence-corrected chi connectivity index (χ2v) is 7.82. The van der Waals surface area contributed by atoms with Crippen molar-refractivity contribution in [2.24, 2.45) is 5.41 Å². The first-order chi connectivity index (χ1) is 4.48. The molecule has 0 saturated heterocycles. The van der Waals surface area contributed by atoms with Gasteiger partial charge in [-0.3, -0.25) is 0 Å². The first-order valence-electron chi connectivity index (χ1n) is 4.48. The highest BCUT2D eigenvalue weighted by atomic mass is 28.3. The van der Waals surface area contributed by atoms with Crippen LogP contribution >= 0.6 is 0 Å². The van der Waals surface area contributed by atoms with Crippen molar-refractivity contribution in [2.45, 2.75) is 52.8 Å². The zero-order chi connectivity index (χ0) is 8.20. The quantitative estimate of drug-likeness (QED) is 0.551. The number of hydrogen-bond acceptors (Lipinski definition) is 0. The average molecular weight is 158 g/mol. The molecule has 0 aliphatic heterocycles. The molecular formula is C9H22Si. The summed E-state index contributed by atoms with van der Waals surface area (Å²) in [5, 5.41) is 0. The van der Waals surface area contributed by atoms with Gasteiger partial charge in [-0.25, -0.2) is 0 Å². The molecule has 0 radical (unpaired) electrons. The van der Waals surface area contributed by atoms with Gasteiger partial charge in [0.15, 0.2) is 0 Å². The van der Waals surface area contributed by atoms with Crippen molar-refractivity contribution >= 4 is 8.80 Å². The summed E-state index contributed by atoms with van der Waals surface area (Å²) >= 11 is 0. The Kier molecular flexibility index (Phi) is 4.26. The maximum Gasteiger partial charge on any atom is 0.0305 e. The van der Waals surface area contributed by atoms with Crippen molar-refractivity contribution in [3.63, 3.8) is 0 Å². The molecule has 0 N–H and O–H groups in total. The van der Waals surface area contributed by atoms with Gasteiger partial charge in [-0.05, 0) is 5.41 Å². The van der Waals surface area contributed by atoms with E-state index in [9.17, 15) is 0 Å². The van der Waals surface area contributed by atoms with Gasteiger partial charge >= 0.3 is 0 Å². The van der Waals surface area contributed by atoms with Gasteiger partial charge < -0.3 is 0 Å². The van der Waals surface area contributed by atoms with Gasteiger partial charge in [0.05, 0.1) is 0 Å². The number of rotatable bonds is 4.